The molecule has 0 aromatic carbocycles. The second kappa shape index (κ2) is 5.49. The quantitative estimate of drug-likeness (QED) is 0.829. The Morgan fingerprint density at radius 3 is 2.73 bits per heavy atom. The van der Waals surface area contributed by atoms with Crippen LogP contribution in [0.4, 0.5) is 0 Å². The van der Waals surface area contributed by atoms with Crippen molar-refractivity contribution in [3.63, 3.8) is 0 Å². The van der Waals surface area contributed by atoms with Crippen molar-refractivity contribution in [3.05, 3.63) is 16.4 Å². The number of likely N-dealkylation sites (N-methyl/N-ethyl adjacent to an activating group) is 1. The molecule has 0 aliphatic carbocycles. The normalized spacial score (nSPS) is 11.3. The van der Waals surface area contributed by atoms with Crippen molar-refractivity contribution < 1.29 is 0 Å². The average molecular weight is 231 g/mol. The zero-order chi connectivity index (χ0) is 11.4. The molecule has 15 heavy (non-hydrogen) atoms. The maximum Gasteiger partial charge on any atom is 0.0860 e. The first-order valence-corrected chi connectivity index (χ1v) is 5.58. The molecule has 1 rings (SSSR count). The molecule has 0 saturated carbocycles. The third-order valence-electron chi connectivity index (χ3n) is 2.38. The van der Waals surface area contributed by atoms with Crippen molar-refractivity contribution >= 4 is 11.6 Å². The summed E-state index contributed by atoms with van der Waals surface area (Å²) in [4.78, 5) is 2.15. The lowest BCUT2D eigenvalue weighted by atomic mass is 10.3. The average Bonchev–Trinajstić information content (AvgIpc) is 2.46. The van der Waals surface area contributed by atoms with Crippen LogP contribution in [-0.4, -0.2) is 34.8 Å². The Bertz CT molecular complexity index is 321. The van der Waals surface area contributed by atoms with E-state index in [1.807, 2.05) is 18.7 Å². The van der Waals surface area contributed by atoms with E-state index in [9.17, 15) is 0 Å². The minimum absolute atomic E-state index is 0.660. The van der Waals surface area contributed by atoms with Gasteiger partial charge in [-0.1, -0.05) is 11.6 Å². The third-order valence-corrected chi connectivity index (χ3v) is 2.87. The molecule has 0 saturated heterocycles. The topological polar surface area (TPSA) is 47.1 Å². The number of nitrogens with two attached hydrogens (primary N) is 1. The van der Waals surface area contributed by atoms with Crippen LogP contribution in [0, 0.1) is 6.92 Å². The van der Waals surface area contributed by atoms with Gasteiger partial charge in [0.15, 0.2) is 0 Å². The highest BCUT2D eigenvalue weighted by Gasteiger charge is 2.13. The molecule has 0 aliphatic rings. The van der Waals surface area contributed by atoms with E-state index >= 15 is 0 Å². The van der Waals surface area contributed by atoms with Gasteiger partial charge >= 0.3 is 0 Å². The van der Waals surface area contributed by atoms with E-state index in [0.717, 1.165) is 36.0 Å². The van der Waals surface area contributed by atoms with Gasteiger partial charge in [-0.25, -0.2) is 0 Å². The van der Waals surface area contributed by atoms with E-state index in [0.29, 0.717) is 6.54 Å². The summed E-state index contributed by atoms with van der Waals surface area (Å²) in [6.07, 6.45) is 0. The molecule has 0 atom stereocenters. The first-order valence-electron chi connectivity index (χ1n) is 5.20. The lowest BCUT2D eigenvalue weighted by Crippen LogP contribution is -2.26. The van der Waals surface area contributed by atoms with Crippen LogP contribution in [0.25, 0.3) is 0 Å². The predicted molar refractivity (Wildman–Crippen MR) is 63.0 cm³/mol. The van der Waals surface area contributed by atoms with Crippen LogP contribution in [0.3, 0.4) is 0 Å². The van der Waals surface area contributed by atoms with E-state index in [1.165, 1.54) is 0 Å². The third kappa shape index (κ3) is 2.93. The number of hydrogen-bond acceptors (Lipinski definition) is 3. The monoisotopic (exact) mass is 230 g/mol. The molecular formula is C10H19ClN4. The van der Waals surface area contributed by atoms with Crippen LogP contribution < -0.4 is 5.73 Å². The van der Waals surface area contributed by atoms with Gasteiger partial charge in [-0.2, -0.15) is 5.10 Å². The van der Waals surface area contributed by atoms with Crippen molar-refractivity contribution in [2.24, 2.45) is 5.73 Å². The molecule has 0 bridgehead atoms. The van der Waals surface area contributed by atoms with Crippen molar-refractivity contribution in [3.8, 4) is 0 Å². The highest BCUT2D eigenvalue weighted by Crippen LogP contribution is 2.21. The first kappa shape index (κ1) is 12.5. The van der Waals surface area contributed by atoms with E-state index in [4.69, 9.17) is 17.3 Å². The molecule has 4 nitrogen and oxygen atoms in total. The van der Waals surface area contributed by atoms with E-state index < -0.39 is 0 Å². The van der Waals surface area contributed by atoms with Crippen LogP contribution in [-0.2, 0) is 13.1 Å². The number of rotatable bonds is 5. The Hall–Kier alpha value is -0.580. The fraction of sp³-hybridized carbons (Fsp3) is 0.700. The van der Waals surface area contributed by atoms with Gasteiger partial charge in [-0.15, -0.1) is 0 Å². The van der Waals surface area contributed by atoms with Crippen molar-refractivity contribution in [2.75, 3.05) is 20.1 Å². The van der Waals surface area contributed by atoms with Gasteiger partial charge in [0.1, 0.15) is 0 Å². The molecule has 1 heterocycles. The molecule has 0 aliphatic heterocycles. The lowest BCUT2D eigenvalue weighted by Gasteiger charge is -2.16. The number of nitrogens with zero attached hydrogens (tertiary/aromatic N) is 3. The highest BCUT2D eigenvalue weighted by atomic mass is 35.5. The van der Waals surface area contributed by atoms with E-state index in [1.54, 1.807) is 0 Å². The van der Waals surface area contributed by atoms with Gasteiger partial charge in [-0.3, -0.25) is 9.58 Å². The predicted octanol–water partition coefficient (Wildman–Crippen LogP) is 1.26. The van der Waals surface area contributed by atoms with Crippen molar-refractivity contribution in [1.29, 1.82) is 0 Å². The lowest BCUT2D eigenvalue weighted by molar-refractivity contribution is 0.324. The number of hydrogen-bond donors (Lipinski definition) is 1. The van der Waals surface area contributed by atoms with Crippen LogP contribution in [0.2, 0.25) is 5.02 Å². The van der Waals surface area contributed by atoms with Crippen molar-refractivity contribution in [2.45, 2.75) is 26.9 Å². The summed E-state index contributed by atoms with van der Waals surface area (Å²) in [6.45, 7) is 7.16. The molecule has 0 radical (unpaired) electrons. The Kier molecular flexibility index (Phi) is 4.57. The summed E-state index contributed by atoms with van der Waals surface area (Å²) in [6, 6.07) is 0. The van der Waals surface area contributed by atoms with Gasteiger partial charge in [0.2, 0.25) is 0 Å². The van der Waals surface area contributed by atoms with Gasteiger partial charge in [0, 0.05) is 26.2 Å². The summed E-state index contributed by atoms with van der Waals surface area (Å²) in [5.41, 5.74) is 7.47. The second-order valence-electron chi connectivity index (χ2n) is 3.69. The fourth-order valence-electron chi connectivity index (χ4n) is 1.58. The number of halogens is 1. The summed E-state index contributed by atoms with van der Waals surface area (Å²) >= 11 is 6.20. The maximum absolute atomic E-state index is 6.20. The van der Waals surface area contributed by atoms with Crippen LogP contribution in [0.15, 0.2) is 0 Å². The maximum atomic E-state index is 6.20. The Balaban J connectivity index is 2.82. The van der Waals surface area contributed by atoms with Gasteiger partial charge in [0.25, 0.3) is 0 Å². The molecule has 1 aromatic heterocycles. The van der Waals surface area contributed by atoms with Crippen LogP contribution in [0.1, 0.15) is 18.3 Å². The van der Waals surface area contributed by atoms with E-state index in [-0.39, 0.29) is 0 Å². The van der Waals surface area contributed by atoms with Crippen LogP contribution >= 0.6 is 11.6 Å². The molecule has 0 unspecified atom stereocenters. The fourth-order valence-corrected chi connectivity index (χ4v) is 1.77. The molecule has 86 valence electrons. The summed E-state index contributed by atoms with van der Waals surface area (Å²) in [7, 11) is 2.03. The first-order chi connectivity index (χ1) is 7.10. The molecular weight excluding hydrogens is 212 g/mol. The minimum Gasteiger partial charge on any atom is -0.329 e. The number of aromatic nitrogens is 2. The molecule has 0 spiro atoms. The Labute approximate surface area is 96.0 Å². The summed E-state index contributed by atoms with van der Waals surface area (Å²) < 4.78 is 1.95. The SMILES string of the molecule is CCn1nc(C)c(Cl)c1CN(C)CCN. The van der Waals surface area contributed by atoms with Gasteiger partial charge < -0.3 is 5.73 Å². The van der Waals surface area contributed by atoms with Crippen molar-refractivity contribution in [1.82, 2.24) is 14.7 Å². The van der Waals surface area contributed by atoms with Gasteiger partial charge in [-0.05, 0) is 20.9 Å². The Morgan fingerprint density at radius 1 is 1.53 bits per heavy atom. The minimum atomic E-state index is 0.660. The highest BCUT2D eigenvalue weighted by molar-refractivity contribution is 6.31. The zero-order valence-electron chi connectivity index (χ0n) is 9.63. The Morgan fingerprint density at radius 2 is 2.20 bits per heavy atom. The summed E-state index contributed by atoms with van der Waals surface area (Å²) in [5, 5.41) is 5.15. The second-order valence-corrected chi connectivity index (χ2v) is 4.07. The molecule has 2 N–H and O–H groups in total. The number of aryl methyl sites for hydroxylation is 2. The smallest absolute Gasteiger partial charge is 0.0860 e. The summed E-state index contributed by atoms with van der Waals surface area (Å²) in [5.74, 6) is 0. The standard InChI is InChI=1S/C10H19ClN4/c1-4-15-9(7-14(3)6-5-12)10(11)8(2)13-15/h4-7,12H2,1-3H3. The van der Waals surface area contributed by atoms with E-state index in [2.05, 4.69) is 16.9 Å². The van der Waals surface area contributed by atoms with Gasteiger partial charge in [0.05, 0.1) is 16.4 Å². The molecule has 0 fully saturated rings. The molecule has 5 heteroatoms. The molecule has 1 aromatic rings. The molecule has 0 amide bonds. The largest absolute Gasteiger partial charge is 0.329 e. The van der Waals surface area contributed by atoms with Crippen LogP contribution in [0.5, 0.6) is 0 Å². The zero-order valence-corrected chi connectivity index (χ0v) is 10.4.